The van der Waals surface area contributed by atoms with Crippen LogP contribution >= 0.6 is 11.3 Å². The Bertz CT molecular complexity index is 718. The Kier molecular flexibility index (Phi) is 3.85. The lowest BCUT2D eigenvalue weighted by Crippen LogP contribution is -2.54. The van der Waals surface area contributed by atoms with E-state index in [9.17, 15) is 4.79 Å². The van der Waals surface area contributed by atoms with E-state index in [2.05, 4.69) is 11.0 Å². The zero-order chi connectivity index (χ0) is 15.8. The van der Waals surface area contributed by atoms with Gasteiger partial charge in [0.05, 0.1) is 17.2 Å². The van der Waals surface area contributed by atoms with Gasteiger partial charge in [0.25, 0.3) is 0 Å². The summed E-state index contributed by atoms with van der Waals surface area (Å²) >= 11 is 1.68. The second-order valence-corrected chi connectivity index (χ2v) is 7.18. The largest absolute Gasteiger partial charge is 0.492 e. The SMILES string of the molecule is CCOc1cccc2sc(N3CC(C(=O)N4CCCC4)C3)nc12. The number of para-hydroxylation sites is 1. The molecule has 23 heavy (non-hydrogen) atoms. The molecule has 0 aliphatic carbocycles. The van der Waals surface area contributed by atoms with Crippen LogP contribution in [0.25, 0.3) is 10.2 Å². The van der Waals surface area contributed by atoms with Crippen molar-refractivity contribution >= 4 is 32.6 Å². The predicted molar refractivity (Wildman–Crippen MR) is 92.3 cm³/mol. The molecule has 0 radical (unpaired) electrons. The highest BCUT2D eigenvalue weighted by Crippen LogP contribution is 2.37. The molecule has 0 unspecified atom stereocenters. The minimum atomic E-state index is 0.145. The van der Waals surface area contributed by atoms with Crippen LogP contribution < -0.4 is 9.64 Å². The molecule has 0 atom stereocenters. The number of likely N-dealkylation sites (tertiary alicyclic amines) is 1. The van der Waals surface area contributed by atoms with E-state index in [1.54, 1.807) is 11.3 Å². The van der Waals surface area contributed by atoms with Crippen molar-refractivity contribution in [1.29, 1.82) is 0 Å². The Morgan fingerprint density at radius 2 is 2.13 bits per heavy atom. The Morgan fingerprint density at radius 3 is 2.87 bits per heavy atom. The van der Waals surface area contributed by atoms with Crippen molar-refractivity contribution in [3.8, 4) is 5.75 Å². The molecule has 2 aromatic rings. The molecule has 2 fully saturated rings. The lowest BCUT2D eigenvalue weighted by atomic mass is 9.99. The number of thiazole rings is 1. The van der Waals surface area contributed by atoms with Crippen molar-refractivity contribution < 1.29 is 9.53 Å². The van der Waals surface area contributed by atoms with E-state index in [0.29, 0.717) is 12.5 Å². The number of hydrogen-bond donors (Lipinski definition) is 0. The van der Waals surface area contributed by atoms with Gasteiger partial charge < -0.3 is 14.5 Å². The van der Waals surface area contributed by atoms with Gasteiger partial charge >= 0.3 is 0 Å². The first-order valence-corrected chi connectivity index (χ1v) is 9.14. The Morgan fingerprint density at radius 1 is 1.35 bits per heavy atom. The average Bonchev–Trinajstić information content (AvgIpc) is 3.15. The molecule has 0 spiro atoms. The molecule has 0 N–H and O–H groups in total. The highest BCUT2D eigenvalue weighted by atomic mass is 32.1. The van der Waals surface area contributed by atoms with Crippen molar-refractivity contribution in [2.45, 2.75) is 19.8 Å². The molecule has 1 aromatic carbocycles. The molecular weight excluding hydrogens is 310 g/mol. The van der Waals surface area contributed by atoms with Crippen molar-refractivity contribution in [3.05, 3.63) is 18.2 Å². The molecule has 4 rings (SSSR count). The highest BCUT2D eigenvalue weighted by Gasteiger charge is 2.37. The van der Waals surface area contributed by atoms with Gasteiger partial charge in [-0.15, -0.1) is 0 Å². The van der Waals surface area contributed by atoms with Crippen molar-refractivity contribution in [2.24, 2.45) is 5.92 Å². The maximum Gasteiger partial charge on any atom is 0.229 e. The second-order valence-electron chi connectivity index (χ2n) is 6.17. The third-order valence-electron chi connectivity index (χ3n) is 4.59. The number of carbonyl (C=O) groups excluding carboxylic acids is 1. The summed E-state index contributed by atoms with van der Waals surface area (Å²) in [6.45, 7) is 6.08. The zero-order valence-corrected chi connectivity index (χ0v) is 14.1. The van der Waals surface area contributed by atoms with Gasteiger partial charge in [-0.1, -0.05) is 17.4 Å². The number of carbonyl (C=O) groups is 1. The minimum Gasteiger partial charge on any atom is -0.492 e. The monoisotopic (exact) mass is 331 g/mol. The molecular formula is C17H21N3O2S. The summed E-state index contributed by atoms with van der Waals surface area (Å²) in [7, 11) is 0. The molecule has 0 saturated carbocycles. The Balaban J connectivity index is 1.46. The highest BCUT2D eigenvalue weighted by molar-refractivity contribution is 7.22. The zero-order valence-electron chi connectivity index (χ0n) is 13.3. The molecule has 2 saturated heterocycles. The van der Waals surface area contributed by atoms with E-state index in [-0.39, 0.29) is 5.92 Å². The van der Waals surface area contributed by atoms with Crippen molar-refractivity contribution in [2.75, 3.05) is 37.7 Å². The number of benzene rings is 1. The molecule has 2 aliphatic heterocycles. The number of nitrogens with zero attached hydrogens (tertiary/aromatic N) is 3. The maximum absolute atomic E-state index is 12.4. The Labute approximate surface area is 139 Å². The molecule has 1 aromatic heterocycles. The van der Waals surface area contributed by atoms with Gasteiger partial charge in [0.1, 0.15) is 11.3 Å². The van der Waals surface area contributed by atoms with Gasteiger partial charge in [-0.25, -0.2) is 4.98 Å². The third kappa shape index (κ3) is 2.65. The van der Waals surface area contributed by atoms with Gasteiger partial charge in [-0.05, 0) is 31.9 Å². The first kappa shape index (κ1) is 14.8. The summed E-state index contributed by atoms with van der Waals surface area (Å²) < 4.78 is 6.79. The number of rotatable bonds is 4. The van der Waals surface area contributed by atoms with E-state index in [1.807, 2.05) is 24.0 Å². The normalized spacial score (nSPS) is 18.5. The van der Waals surface area contributed by atoms with Crippen molar-refractivity contribution in [3.63, 3.8) is 0 Å². The second kappa shape index (κ2) is 6.00. The van der Waals surface area contributed by atoms with Crippen molar-refractivity contribution in [1.82, 2.24) is 9.88 Å². The standard InChI is InChI=1S/C17H21N3O2S/c1-2-22-13-6-5-7-14-15(13)18-17(23-14)20-10-12(11-20)16(21)19-8-3-4-9-19/h5-7,12H,2-4,8-11H2,1H3. The lowest BCUT2D eigenvalue weighted by Gasteiger charge is -2.39. The average molecular weight is 331 g/mol. The van der Waals surface area contributed by atoms with Crippen LogP contribution in [-0.2, 0) is 4.79 Å². The van der Waals surface area contributed by atoms with Crippen LogP contribution in [0.2, 0.25) is 0 Å². The van der Waals surface area contributed by atoms with Crippen LogP contribution in [0, 0.1) is 5.92 Å². The molecule has 1 amide bonds. The number of fused-ring (bicyclic) bond motifs is 1. The maximum atomic E-state index is 12.4. The summed E-state index contributed by atoms with van der Waals surface area (Å²) in [6, 6.07) is 6.04. The van der Waals surface area contributed by atoms with E-state index in [0.717, 1.165) is 60.1 Å². The summed E-state index contributed by atoms with van der Waals surface area (Å²) in [6.07, 6.45) is 2.31. The fourth-order valence-corrected chi connectivity index (χ4v) is 4.31. The fraction of sp³-hybridized carbons (Fsp3) is 0.529. The van der Waals surface area contributed by atoms with Crippen LogP contribution in [0.3, 0.4) is 0 Å². The Hall–Kier alpha value is -1.82. The molecule has 5 nitrogen and oxygen atoms in total. The topological polar surface area (TPSA) is 45.7 Å². The number of aromatic nitrogens is 1. The molecule has 6 heteroatoms. The summed E-state index contributed by atoms with van der Waals surface area (Å²) in [5.41, 5.74) is 0.934. The molecule has 0 bridgehead atoms. The van der Waals surface area contributed by atoms with Crippen LogP contribution in [0.15, 0.2) is 18.2 Å². The fourth-order valence-electron chi connectivity index (χ4n) is 3.31. The van der Waals surface area contributed by atoms with Crippen LogP contribution in [0.4, 0.5) is 5.13 Å². The smallest absolute Gasteiger partial charge is 0.229 e. The van der Waals surface area contributed by atoms with Crippen LogP contribution in [-0.4, -0.2) is 48.6 Å². The number of hydrogen-bond acceptors (Lipinski definition) is 5. The van der Waals surface area contributed by atoms with Gasteiger partial charge in [-0.3, -0.25) is 4.79 Å². The number of ether oxygens (including phenoxy) is 1. The van der Waals surface area contributed by atoms with E-state index >= 15 is 0 Å². The summed E-state index contributed by atoms with van der Waals surface area (Å²) in [5, 5.41) is 0.998. The third-order valence-corrected chi connectivity index (χ3v) is 5.67. The minimum absolute atomic E-state index is 0.145. The van der Waals surface area contributed by atoms with Gasteiger partial charge in [0.2, 0.25) is 5.91 Å². The van der Waals surface area contributed by atoms with E-state index < -0.39 is 0 Å². The summed E-state index contributed by atoms with van der Waals surface area (Å²) in [5.74, 6) is 1.32. The van der Waals surface area contributed by atoms with Gasteiger partial charge in [-0.2, -0.15) is 0 Å². The first-order chi connectivity index (χ1) is 11.3. The summed E-state index contributed by atoms with van der Waals surface area (Å²) in [4.78, 5) is 21.3. The first-order valence-electron chi connectivity index (χ1n) is 8.32. The molecule has 2 aliphatic rings. The predicted octanol–water partition coefficient (Wildman–Crippen LogP) is 2.75. The van der Waals surface area contributed by atoms with Gasteiger partial charge in [0.15, 0.2) is 5.13 Å². The lowest BCUT2D eigenvalue weighted by molar-refractivity contribution is -0.135. The van der Waals surface area contributed by atoms with E-state index in [1.165, 1.54) is 0 Å². The van der Waals surface area contributed by atoms with E-state index in [4.69, 9.17) is 9.72 Å². The molecule has 122 valence electrons. The quantitative estimate of drug-likeness (QED) is 0.864. The molecule has 3 heterocycles. The van der Waals surface area contributed by atoms with Crippen LogP contribution in [0.1, 0.15) is 19.8 Å². The number of amides is 1. The van der Waals surface area contributed by atoms with Crippen LogP contribution in [0.5, 0.6) is 5.75 Å². The number of anilines is 1. The van der Waals surface area contributed by atoms with Gasteiger partial charge in [0, 0.05) is 26.2 Å².